The summed E-state index contributed by atoms with van der Waals surface area (Å²) in [5.74, 6) is 4.11. The molecule has 2 aromatic carbocycles. The fraction of sp³-hybridized carbons (Fsp3) is 0.429. The molecule has 2 aromatic rings. The minimum atomic E-state index is 0.310. The molecule has 0 spiro atoms. The zero-order chi connectivity index (χ0) is 17.5. The summed E-state index contributed by atoms with van der Waals surface area (Å²) in [7, 11) is 1.70. The molecule has 0 radical (unpaired) electrons. The van der Waals surface area contributed by atoms with E-state index in [-0.39, 0.29) is 0 Å². The summed E-state index contributed by atoms with van der Waals surface area (Å²) in [6, 6.07) is 17.4. The van der Waals surface area contributed by atoms with Crippen molar-refractivity contribution in [1.29, 1.82) is 0 Å². The van der Waals surface area contributed by atoms with E-state index in [4.69, 9.17) is 9.47 Å². The summed E-state index contributed by atoms with van der Waals surface area (Å²) in [6.07, 6.45) is 2.51. The topological polar surface area (TPSA) is 30.5 Å². The standard InChI is InChI=1S/C21H27NO2S/c1-16(22-19-10-12-25-13-11-19)18-8-9-20(21(14-18)23-2)24-15-17-6-4-3-5-7-17/h3-9,14,16,19,22H,10-13,15H2,1-2H3. The summed E-state index contributed by atoms with van der Waals surface area (Å²) in [4.78, 5) is 0. The van der Waals surface area contributed by atoms with Gasteiger partial charge in [0.25, 0.3) is 0 Å². The molecule has 25 heavy (non-hydrogen) atoms. The summed E-state index contributed by atoms with van der Waals surface area (Å²) in [5, 5.41) is 3.75. The van der Waals surface area contributed by atoms with Gasteiger partial charge in [0, 0.05) is 12.1 Å². The van der Waals surface area contributed by atoms with Crippen molar-refractivity contribution < 1.29 is 9.47 Å². The lowest BCUT2D eigenvalue weighted by atomic mass is 10.0. The molecule has 0 saturated carbocycles. The predicted octanol–water partition coefficient (Wildman–Crippen LogP) is 4.82. The summed E-state index contributed by atoms with van der Waals surface area (Å²) >= 11 is 2.06. The van der Waals surface area contributed by atoms with E-state index < -0.39 is 0 Å². The molecular weight excluding hydrogens is 330 g/mol. The van der Waals surface area contributed by atoms with Gasteiger partial charge in [0.05, 0.1) is 7.11 Å². The van der Waals surface area contributed by atoms with Gasteiger partial charge in [-0.15, -0.1) is 0 Å². The number of rotatable bonds is 7. The maximum Gasteiger partial charge on any atom is 0.161 e. The highest BCUT2D eigenvalue weighted by Crippen LogP contribution is 2.31. The molecule has 0 aliphatic carbocycles. The maximum absolute atomic E-state index is 5.95. The first-order valence-electron chi connectivity index (χ1n) is 8.94. The van der Waals surface area contributed by atoms with Crippen molar-refractivity contribution in [3.05, 3.63) is 59.7 Å². The molecule has 0 bridgehead atoms. The Morgan fingerprint density at radius 2 is 1.84 bits per heavy atom. The van der Waals surface area contributed by atoms with Gasteiger partial charge in [-0.25, -0.2) is 0 Å². The van der Waals surface area contributed by atoms with E-state index in [9.17, 15) is 0 Å². The minimum absolute atomic E-state index is 0.310. The van der Waals surface area contributed by atoms with Gasteiger partial charge in [-0.05, 0) is 54.5 Å². The van der Waals surface area contributed by atoms with E-state index in [1.165, 1.54) is 29.9 Å². The third kappa shape index (κ3) is 5.16. The third-order valence-electron chi connectivity index (χ3n) is 4.63. The first-order valence-corrected chi connectivity index (χ1v) is 10.1. The monoisotopic (exact) mass is 357 g/mol. The molecule has 1 fully saturated rings. The van der Waals surface area contributed by atoms with Crippen LogP contribution in [-0.4, -0.2) is 24.7 Å². The quantitative estimate of drug-likeness (QED) is 0.769. The Morgan fingerprint density at radius 3 is 2.56 bits per heavy atom. The SMILES string of the molecule is COc1cc(C(C)NC2CCSCC2)ccc1OCc1ccccc1. The second-order valence-corrected chi connectivity index (χ2v) is 7.68. The lowest BCUT2D eigenvalue weighted by Crippen LogP contribution is -2.34. The number of hydrogen-bond donors (Lipinski definition) is 1. The van der Waals surface area contributed by atoms with Crippen molar-refractivity contribution in [1.82, 2.24) is 5.32 Å². The van der Waals surface area contributed by atoms with E-state index in [1.807, 2.05) is 24.3 Å². The number of nitrogens with one attached hydrogen (secondary N) is 1. The zero-order valence-corrected chi connectivity index (χ0v) is 15.9. The average Bonchev–Trinajstić information content (AvgIpc) is 2.67. The first-order chi connectivity index (χ1) is 12.3. The van der Waals surface area contributed by atoms with Crippen LogP contribution in [-0.2, 0) is 6.61 Å². The van der Waals surface area contributed by atoms with Crippen LogP contribution in [0.5, 0.6) is 11.5 Å². The van der Waals surface area contributed by atoms with Crippen molar-refractivity contribution in [2.24, 2.45) is 0 Å². The van der Waals surface area contributed by atoms with E-state index in [1.54, 1.807) is 7.11 Å². The van der Waals surface area contributed by atoms with Gasteiger partial charge >= 0.3 is 0 Å². The van der Waals surface area contributed by atoms with Gasteiger partial charge in [0.2, 0.25) is 0 Å². The van der Waals surface area contributed by atoms with E-state index in [2.05, 4.69) is 48.3 Å². The largest absolute Gasteiger partial charge is 0.493 e. The Morgan fingerprint density at radius 1 is 1.08 bits per heavy atom. The molecule has 1 aliphatic heterocycles. The Hall–Kier alpha value is -1.65. The van der Waals surface area contributed by atoms with Gasteiger partial charge in [0.1, 0.15) is 6.61 Å². The first kappa shape index (κ1) is 18.2. The molecular formula is C21H27NO2S. The number of methoxy groups -OCH3 is 1. The molecule has 1 N–H and O–H groups in total. The van der Waals surface area contributed by atoms with Crippen LogP contribution in [0.1, 0.15) is 36.9 Å². The van der Waals surface area contributed by atoms with Crippen LogP contribution in [0.15, 0.2) is 48.5 Å². The van der Waals surface area contributed by atoms with Crippen LogP contribution >= 0.6 is 11.8 Å². The Bertz CT molecular complexity index is 656. The van der Waals surface area contributed by atoms with E-state index >= 15 is 0 Å². The average molecular weight is 358 g/mol. The van der Waals surface area contributed by atoms with Crippen molar-refractivity contribution in [2.45, 2.75) is 38.5 Å². The molecule has 1 heterocycles. The molecule has 1 aliphatic rings. The number of ether oxygens (including phenoxy) is 2. The van der Waals surface area contributed by atoms with Crippen LogP contribution in [0.25, 0.3) is 0 Å². The Kier molecular flexibility index (Phi) is 6.65. The van der Waals surface area contributed by atoms with E-state index in [0.29, 0.717) is 18.7 Å². The Balaban J connectivity index is 1.64. The van der Waals surface area contributed by atoms with Crippen LogP contribution in [0.2, 0.25) is 0 Å². The Labute approximate surface area is 155 Å². The normalized spacial score (nSPS) is 16.4. The number of hydrogen-bond acceptors (Lipinski definition) is 4. The highest BCUT2D eigenvalue weighted by molar-refractivity contribution is 7.99. The lowest BCUT2D eigenvalue weighted by molar-refractivity contribution is 0.284. The zero-order valence-electron chi connectivity index (χ0n) is 15.0. The van der Waals surface area contributed by atoms with Crippen molar-refractivity contribution in [3.63, 3.8) is 0 Å². The van der Waals surface area contributed by atoms with E-state index in [0.717, 1.165) is 17.1 Å². The van der Waals surface area contributed by atoms with Crippen molar-refractivity contribution >= 4 is 11.8 Å². The molecule has 134 valence electrons. The van der Waals surface area contributed by atoms with Crippen LogP contribution in [0.4, 0.5) is 0 Å². The highest BCUT2D eigenvalue weighted by Gasteiger charge is 2.17. The number of benzene rings is 2. The molecule has 3 rings (SSSR count). The highest BCUT2D eigenvalue weighted by atomic mass is 32.2. The summed E-state index contributed by atoms with van der Waals surface area (Å²) in [6.45, 7) is 2.77. The lowest BCUT2D eigenvalue weighted by Gasteiger charge is -2.27. The van der Waals surface area contributed by atoms with Crippen LogP contribution < -0.4 is 14.8 Å². The molecule has 1 unspecified atom stereocenters. The van der Waals surface area contributed by atoms with Gasteiger partial charge in [-0.1, -0.05) is 36.4 Å². The molecule has 0 aromatic heterocycles. The second-order valence-electron chi connectivity index (χ2n) is 6.46. The van der Waals surface area contributed by atoms with Gasteiger partial charge in [0.15, 0.2) is 11.5 Å². The summed E-state index contributed by atoms with van der Waals surface area (Å²) < 4.78 is 11.5. The summed E-state index contributed by atoms with van der Waals surface area (Å²) in [5.41, 5.74) is 2.39. The maximum atomic E-state index is 5.95. The predicted molar refractivity (Wildman–Crippen MR) is 106 cm³/mol. The van der Waals surface area contributed by atoms with Gasteiger partial charge in [-0.3, -0.25) is 0 Å². The van der Waals surface area contributed by atoms with Gasteiger partial charge in [-0.2, -0.15) is 11.8 Å². The smallest absolute Gasteiger partial charge is 0.161 e. The number of thioether (sulfide) groups is 1. The fourth-order valence-corrected chi connectivity index (χ4v) is 4.23. The molecule has 3 nitrogen and oxygen atoms in total. The molecule has 0 amide bonds. The van der Waals surface area contributed by atoms with Crippen molar-refractivity contribution in [3.8, 4) is 11.5 Å². The fourth-order valence-electron chi connectivity index (χ4n) is 3.12. The molecule has 4 heteroatoms. The van der Waals surface area contributed by atoms with Crippen LogP contribution in [0, 0.1) is 0 Å². The van der Waals surface area contributed by atoms with Crippen molar-refractivity contribution in [2.75, 3.05) is 18.6 Å². The third-order valence-corrected chi connectivity index (χ3v) is 5.68. The molecule has 1 saturated heterocycles. The van der Waals surface area contributed by atoms with Gasteiger partial charge < -0.3 is 14.8 Å². The molecule has 1 atom stereocenters. The minimum Gasteiger partial charge on any atom is -0.493 e. The second kappa shape index (κ2) is 9.16. The van der Waals surface area contributed by atoms with Crippen LogP contribution in [0.3, 0.4) is 0 Å².